The van der Waals surface area contributed by atoms with Crippen LogP contribution in [0.25, 0.3) is 0 Å². The molecule has 1 rings (SSSR count). The fraction of sp³-hybridized carbons (Fsp3) is 0.811. The van der Waals surface area contributed by atoms with Gasteiger partial charge in [0, 0.05) is 39.5 Å². The average molecular weight is 618 g/mol. The fourth-order valence-corrected chi connectivity index (χ4v) is 5.28. The highest BCUT2D eigenvalue weighted by atomic mass is 16.5. The van der Waals surface area contributed by atoms with Crippen molar-refractivity contribution in [1.82, 2.24) is 15.6 Å². The van der Waals surface area contributed by atoms with E-state index in [-0.39, 0.29) is 23.2 Å². The van der Waals surface area contributed by atoms with E-state index in [4.69, 9.17) is 9.47 Å². The lowest BCUT2D eigenvalue weighted by atomic mass is 9.94. The Labute approximate surface area is 270 Å². The van der Waals surface area contributed by atoms with E-state index >= 15 is 0 Å². The predicted octanol–water partition coefficient (Wildman–Crippen LogP) is 8.91. The van der Waals surface area contributed by atoms with Gasteiger partial charge in [0.1, 0.15) is 11.4 Å². The molecule has 0 radical (unpaired) electrons. The number of carbonyl (C=O) groups excluding carboxylic acids is 2. The molecule has 1 aromatic heterocycles. The smallest absolute Gasteiger partial charge is 0.269 e. The molecule has 7 heteroatoms. The van der Waals surface area contributed by atoms with Crippen LogP contribution >= 0.6 is 0 Å². The number of hydrogen-bond acceptors (Lipinski definition) is 5. The average Bonchev–Trinajstić information content (AvgIpc) is 3.02. The molecule has 7 nitrogen and oxygen atoms in total. The maximum atomic E-state index is 12.6. The van der Waals surface area contributed by atoms with Gasteiger partial charge < -0.3 is 20.1 Å². The lowest BCUT2D eigenvalue weighted by molar-refractivity contribution is 0.0855. The molecule has 44 heavy (non-hydrogen) atoms. The highest BCUT2D eigenvalue weighted by molar-refractivity contribution is 5.96. The summed E-state index contributed by atoms with van der Waals surface area (Å²) in [5.41, 5.74) is 0.500. The van der Waals surface area contributed by atoms with Crippen LogP contribution < -0.4 is 10.6 Å². The van der Waals surface area contributed by atoms with Gasteiger partial charge in [0.2, 0.25) is 0 Å². The minimum Gasteiger partial charge on any atom is -0.381 e. The van der Waals surface area contributed by atoms with E-state index in [1.165, 1.54) is 103 Å². The van der Waals surface area contributed by atoms with Gasteiger partial charge in [0.05, 0.1) is 0 Å². The monoisotopic (exact) mass is 618 g/mol. The zero-order valence-corrected chi connectivity index (χ0v) is 28.9. The summed E-state index contributed by atoms with van der Waals surface area (Å²) in [7, 11) is 0. The first-order valence-electron chi connectivity index (χ1n) is 18.2. The summed E-state index contributed by atoms with van der Waals surface area (Å²) in [4.78, 5) is 29.4. The van der Waals surface area contributed by atoms with Crippen molar-refractivity contribution in [1.29, 1.82) is 0 Å². The largest absolute Gasteiger partial charge is 0.381 e. The zero-order valence-electron chi connectivity index (χ0n) is 28.9. The SMILES string of the molecule is CCCCCCCCCCC(CCCCCCCC)COCCCNC(=O)c1cccc(C(=O)NCCCOCC(C)C)n1. The third kappa shape index (κ3) is 22.5. The lowest BCUT2D eigenvalue weighted by Crippen LogP contribution is -2.29. The Hall–Kier alpha value is -1.99. The Kier molecular flexibility index (Phi) is 25.9. The predicted molar refractivity (Wildman–Crippen MR) is 183 cm³/mol. The van der Waals surface area contributed by atoms with Crippen LogP contribution in [0.4, 0.5) is 0 Å². The molecule has 0 saturated heterocycles. The second-order valence-corrected chi connectivity index (χ2v) is 12.9. The Morgan fingerprint density at radius 2 is 1.07 bits per heavy atom. The lowest BCUT2D eigenvalue weighted by Gasteiger charge is -2.17. The molecule has 0 aliphatic heterocycles. The first kappa shape index (κ1) is 40.0. The van der Waals surface area contributed by atoms with Gasteiger partial charge in [-0.2, -0.15) is 0 Å². The highest BCUT2D eigenvalue weighted by Crippen LogP contribution is 2.20. The van der Waals surface area contributed by atoms with E-state index in [2.05, 4.69) is 43.3 Å². The van der Waals surface area contributed by atoms with Crippen LogP contribution in [-0.2, 0) is 9.47 Å². The molecule has 1 atom stereocenters. The Morgan fingerprint density at radius 1 is 0.636 bits per heavy atom. The van der Waals surface area contributed by atoms with Gasteiger partial charge in [-0.05, 0) is 49.7 Å². The van der Waals surface area contributed by atoms with Crippen molar-refractivity contribution in [2.24, 2.45) is 11.8 Å². The minimum absolute atomic E-state index is 0.247. The van der Waals surface area contributed by atoms with Crippen molar-refractivity contribution >= 4 is 11.8 Å². The Morgan fingerprint density at radius 3 is 1.52 bits per heavy atom. The number of amides is 2. The van der Waals surface area contributed by atoms with Crippen molar-refractivity contribution in [2.45, 2.75) is 143 Å². The molecule has 0 bridgehead atoms. The molecular weight excluding hydrogens is 550 g/mol. The molecule has 1 unspecified atom stereocenters. The van der Waals surface area contributed by atoms with Crippen LogP contribution in [0.2, 0.25) is 0 Å². The summed E-state index contributed by atoms with van der Waals surface area (Å²) >= 11 is 0. The molecular formula is C37H67N3O4. The number of pyridine rings is 1. The minimum atomic E-state index is -0.278. The molecule has 2 amide bonds. The molecule has 2 N–H and O–H groups in total. The molecule has 254 valence electrons. The van der Waals surface area contributed by atoms with Crippen molar-refractivity contribution < 1.29 is 19.1 Å². The molecule has 0 aliphatic carbocycles. The molecule has 0 fully saturated rings. The maximum Gasteiger partial charge on any atom is 0.269 e. The second-order valence-electron chi connectivity index (χ2n) is 12.9. The number of carbonyl (C=O) groups is 2. The number of ether oxygens (including phenoxy) is 2. The topological polar surface area (TPSA) is 89.5 Å². The van der Waals surface area contributed by atoms with Crippen LogP contribution in [0.1, 0.15) is 164 Å². The number of hydrogen-bond donors (Lipinski definition) is 2. The summed E-state index contributed by atoms with van der Waals surface area (Å²) in [6.45, 7) is 12.6. The number of nitrogens with one attached hydrogen (secondary N) is 2. The van der Waals surface area contributed by atoms with E-state index in [1.54, 1.807) is 18.2 Å². The van der Waals surface area contributed by atoms with Gasteiger partial charge in [-0.3, -0.25) is 9.59 Å². The van der Waals surface area contributed by atoms with Gasteiger partial charge in [-0.15, -0.1) is 0 Å². The molecule has 1 aromatic rings. The van der Waals surface area contributed by atoms with E-state index < -0.39 is 0 Å². The van der Waals surface area contributed by atoms with Gasteiger partial charge in [-0.25, -0.2) is 4.98 Å². The summed E-state index contributed by atoms with van der Waals surface area (Å²) in [5, 5.41) is 5.77. The van der Waals surface area contributed by atoms with Crippen LogP contribution in [0.15, 0.2) is 18.2 Å². The normalized spacial score (nSPS) is 12.0. The van der Waals surface area contributed by atoms with Crippen molar-refractivity contribution in [2.75, 3.05) is 39.5 Å². The third-order valence-corrected chi connectivity index (χ3v) is 7.95. The molecule has 0 saturated carbocycles. The summed E-state index contributed by atoms with van der Waals surface area (Å²) < 4.78 is 11.6. The van der Waals surface area contributed by atoms with Crippen LogP contribution in [0.5, 0.6) is 0 Å². The van der Waals surface area contributed by atoms with Crippen molar-refractivity contribution in [3.63, 3.8) is 0 Å². The maximum absolute atomic E-state index is 12.6. The molecule has 0 spiro atoms. The quantitative estimate of drug-likeness (QED) is 0.0842. The van der Waals surface area contributed by atoms with Crippen molar-refractivity contribution in [3.8, 4) is 0 Å². The van der Waals surface area contributed by atoms with Gasteiger partial charge in [0.15, 0.2) is 0 Å². The van der Waals surface area contributed by atoms with E-state index in [0.29, 0.717) is 38.1 Å². The first-order chi connectivity index (χ1) is 21.5. The summed E-state index contributed by atoms with van der Waals surface area (Å²) in [5.74, 6) is 0.593. The van der Waals surface area contributed by atoms with E-state index in [1.807, 2.05) is 0 Å². The Bertz CT molecular complexity index is 833. The van der Waals surface area contributed by atoms with Gasteiger partial charge >= 0.3 is 0 Å². The summed E-state index contributed by atoms with van der Waals surface area (Å²) in [6, 6.07) is 4.97. The van der Waals surface area contributed by atoms with Crippen LogP contribution in [-0.4, -0.2) is 56.3 Å². The number of rotatable bonds is 30. The fourth-order valence-electron chi connectivity index (χ4n) is 5.28. The van der Waals surface area contributed by atoms with E-state index in [0.717, 1.165) is 26.1 Å². The number of aromatic nitrogens is 1. The molecule has 0 aromatic carbocycles. The highest BCUT2D eigenvalue weighted by Gasteiger charge is 2.13. The third-order valence-electron chi connectivity index (χ3n) is 7.95. The Balaban J connectivity index is 2.30. The molecule has 1 heterocycles. The standard InChI is InChI=1S/C37H67N3O4/c1-5-7-9-11-13-14-16-18-23-33(22-17-15-12-10-8-6-2)31-44-29-21-27-39-37(42)35-25-19-24-34(40-35)36(41)38-26-20-28-43-30-32(3)4/h19,24-25,32-33H,5-18,20-23,26-31H2,1-4H3,(H,38,41)(H,39,42). The van der Waals surface area contributed by atoms with Crippen LogP contribution in [0.3, 0.4) is 0 Å². The summed E-state index contributed by atoms with van der Waals surface area (Å²) in [6.07, 6.45) is 22.9. The number of unbranched alkanes of at least 4 members (excludes halogenated alkanes) is 12. The molecule has 0 aliphatic rings. The van der Waals surface area contributed by atoms with Crippen molar-refractivity contribution in [3.05, 3.63) is 29.6 Å². The zero-order chi connectivity index (χ0) is 32.1. The first-order valence-corrected chi connectivity index (χ1v) is 18.2. The van der Waals surface area contributed by atoms with Gasteiger partial charge in [-0.1, -0.05) is 124 Å². The van der Waals surface area contributed by atoms with E-state index in [9.17, 15) is 9.59 Å². The number of nitrogens with zero attached hydrogens (tertiary/aromatic N) is 1. The van der Waals surface area contributed by atoms with Gasteiger partial charge in [0.25, 0.3) is 11.8 Å². The van der Waals surface area contributed by atoms with Crippen LogP contribution in [0, 0.1) is 11.8 Å². The second kappa shape index (κ2) is 28.5.